The molecule has 2 N–H and O–H groups in total. The second-order valence-corrected chi connectivity index (χ2v) is 6.21. The Balaban J connectivity index is 3.91. The van der Waals surface area contributed by atoms with Crippen LogP contribution in [0.15, 0.2) is 4.99 Å². The third-order valence-corrected chi connectivity index (χ3v) is 3.80. The summed E-state index contributed by atoms with van der Waals surface area (Å²) in [5.74, 6) is 0.857. The normalized spacial score (nSPS) is 13.1. The lowest BCUT2D eigenvalue weighted by atomic mass is 10.0. The highest BCUT2D eigenvalue weighted by molar-refractivity contribution is 5.79. The van der Waals surface area contributed by atoms with E-state index < -0.39 is 0 Å². The van der Waals surface area contributed by atoms with Crippen LogP contribution in [-0.2, 0) is 4.74 Å². The number of ether oxygens (including phenoxy) is 1. The summed E-state index contributed by atoms with van der Waals surface area (Å²) in [5, 5.41) is 6.73. The molecule has 0 amide bonds. The molecule has 126 valence electrons. The molecule has 0 saturated carbocycles. The van der Waals surface area contributed by atoms with Gasteiger partial charge in [-0.15, -0.1) is 0 Å². The number of nitrogens with one attached hydrogen (secondary N) is 2. The van der Waals surface area contributed by atoms with E-state index in [0.29, 0.717) is 0 Å². The van der Waals surface area contributed by atoms with E-state index in [9.17, 15) is 0 Å². The molecule has 6 nitrogen and oxygen atoms in total. The minimum atomic E-state index is 0.0918. The summed E-state index contributed by atoms with van der Waals surface area (Å²) in [6, 6.07) is 0. The van der Waals surface area contributed by atoms with Crippen LogP contribution >= 0.6 is 0 Å². The highest BCUT2D eigenvalue weighted by atomic mass is 16.5. The van der Waals surface area contributed by atoms with Gasteiger partial charge in [-0.05, 0) is 41.4 Å². The monoisotopic (exact) mass is 301 g/mol. The second-order valence-electron chi connectivity index (χ2n) is 6.21. The number of hydrogen-bond donors (Lipinski definition) is 2. The van der Waals surface area contributed by atoms with E-state index in [1.807, 2.05) is 0 Å². The zero-order chi connectivity index (χ0) is 16.3. The molecule has 0 aliphatic carbocycles. The fourth-order valence-electron chi connectivity index (χ4n) is 1.63. The molecule has 0 atom stereocenters. The number of rotatable bonds is 10. The molecule has 0 unspecified atom stereocenters. The molecule has 0 rings (SSSR count). The molecule has 0 aliphatic heterocycles. The Morgan fingerprint density at radius 3 is 2.33 bits per heavy atom. The van der Waals surface area contributed by atoms with Crippen molar-refractivity contribution in [3.05, 3.63) is 0 Å². The van der Waals surface area contributed by atoms with E-state index in [1.54, 1.807) is 14.2 Å². The maximum Gasteiger partial charge on any atom is 0.191 e. The minimum Gasteiger partial charge on any atom is -0.385 e. The molecular weight excluding hydrogens is 266 g/mol. The van der Waals surface area contributed by atoms with Gasteiger partial charge in [-0.2, -0.15) is 0 Å². The maximum absolute atomic E-state index is 5.06. The Hall–Kier alpha value is -0.850. The molecular formula is C15H35N5O. The smallest absolute Gasteiger partial charge is 0.191 e. The zero-order valence-electron chi connectivity index (χ0n) is 15.0. The van der Waals surface area contributed by atoms with Gasteiger partial charge >= 0.3 is 0 Å². The average molecular weight is 301 g/mol. The molecule has 0 spiro atoms. The Morgan fingerprint density at radius 2 is 1.81 bits per heavy atom. The van der Waals surface area contributed by atoms with Gasteiger partial charge in [-0.3, -0.25) is 4.99 Å². The first-order chi connectivity index (χ1) is 9.83. The van der Waals surface area contributed by atoms with Gasteiger partial charge in [0.05, 0.1) is 0 Å². The van der Waals surface area contributed by atoms with Crippen LogP contribution in [0.4, 0.5) is 0 Å². The van der Waals surface area contributed by atoms with E-state index in [0.717, 1.165) is 45.2 Å². The van der Waals surface area contributed by atoms with Crippen LogP contribution in [0.25, 0.3) is 0 Å². The molecule has 0 radical (unpaired) electrons. The number of likely N-dealkylation sites (N-methyl/N-ethyl adjacent to an activating group) is 2. The Labute approximate surface area is 130 Å². The number of guanidine groups is 1. The van der Waals surface area contributed by atoms with E-state index in [2.05, 4.69) is 60.4 Å². The summed E-state index contributed by atoms with van der Waals surface area (Å²) in [4.78, 5) is 8.76. The maximum atomic E-state index is 5.06. The fraction of sp³-hybridized carbons (Fsp3) is 0.933. The van der Waals surface area contributed by atoms with Gasteiger partial charge < -0.3 is 25.2 Å². The summed E-state index contributed by atoms with van der Waals surface area (Å²) in [7, 11) is 9.86. The number of nitrogens with zero attached hydrogens (tertiary/aromatic N) is 3. The summed E-state index contributed by atoms with van der Waals surface area (Å²) in [6.07, 6.45) is 1.07. The predicted octanol–water partition coefficient (Wildman–Crippen LogP) is 0.460. The van der Waals surface area contributed by atoms with Crippen LogP contribution in [0.1, 0.15) is 20.3 Å². The van der Waals surface area contributed by atoms with Gasteiger partial charge in [-0.25, -0.2) is 0 Å². The van der Waals surface area contributed by atoms with Crippen molar-refractivity contribution in [3.63, 3.8) is 0 Å². The molecule has 21 heavy (non-hydrogen) atoms. The lowest BCUT2D eigenvalue weighted by molar-refractivity contribution is 0.180. The Morgan fingerprint density at radius 1 is 1.14 bits per heavy atom. The van der Waals surface area contributed by atoms with Crippen LogP contribution in [0.3, 0.4) is 0 Å². The third-order valence-electron chi connectivity index (χ3n) is 3.80. The van der Waals surface area contributed by atoms with Crippen LogP contribution in [-0.4, -0.2) is 89.4 Å². The Bertz CT molecular complexity index is 292. The first-order valence-electron chi connectivity index (χ1n) is 7.63. The topological polar surface area (TPSA) is 52.1 Å². The summed E-state index contributed by atoms with van der Waals surface area (Å²) in [5.41, 5.74) is 0.0918. The molecule has 0 saturated heterocycles. The summed E-state index contributed by atoms with van der Waals surface area (Å²) in [6.45, 7) is 9.00. The van der Waals surface area contributed by atoms with E-state index in [-0.39, 0.29) is 5.54 Å². The summed E-state index contributed by atoms with van der Waals surface area (Å²) >= 11 is 0. The van der Waals surface area contributed by atoms with Gasteiger partial charge in [0.15, 0.2) is 5.96 Å². The SMILES string of the molecule is CN=C(NCCN(C)CCCOC)NCC(C)(C)N(C)C. The van der Waals surface area contributed by atoms with Gasteiger partial charge in [0.1, 0.15) is 0 Å². The first-order valence-corrected chi connectivity index (χ1v) is 7.63. The largest absolute Gasteiger partial charge is 0.385 e. The predicted molar refractivity (Wildman–Crippen MR) is 91.1 cm³/mol. The molecule has 0 aliphatic rings. The quantitative estimate of drug-likeness (QED) is 0.349. The second kappa shape index (κ2) is 10.8. The molecule has 0 heterocycles. The lowest BCUT2D eigenvalue weighted by Crippen LogP contribution is -2.51. The molecule has 0 aromatic heterocycles. The van der Waals surface area contributed by atoms with Crippen LogP contribution in [0.2, 0.25) is 0 Å². The van der Waals surface area contributed by atoms with Crippen molar-refractivity contribution in [2.45, 2.75) is 25.8 Å². The van der Waals surface area contributed by atoms with Gasteiger partial charge in [0.25, 0.3) is 0 Å². The van der Waals surface area contributed by atoms with Crippen molar-refractivity contribution >= 4 is 5.96 Å². The lowest BCUT2D eigenvalue weighted by Gasteiger charge is -2.33. The van der Waals surface area contributed by atoms with Crippen molar-refractivity contribution in [3.8, 4) is 0 Å². The molecule has 0 fully saturated rings. The highest BCUT2D eigenvalue weighted by Gasteiger charge is 2.20. The van der Waals surface area contributed by atoms with E-state index in [4.69, 9.17) is 4.74 Å². The average Bonchev–Trinajstić information content (AvgIpc) is 2.42. The molecule has 6 heteroatoms. The van der Waals surface area contributed by atoms with Crippen LogP contribution in [0.5, 0.6) is 0 Å². The minimum absolute atomic E-state index is 0.0918. The standard InChI is InChI=1S/C15H35N5O/c1-15(2,19(4)5)13-18-14(16-3)17-9-11-20(6)10-8-12-21-7/h8-13H2,1-7H3,(H2,16,17,18). The molecule has 0 aromatic rings. The number of hydrogen-bond acceptors (Lipinski definition) is 4. The van der Waals surface area contributed by atoms with Crippen molar-refractivity contribution in [2.75, 3.05) is 68.1 Å². The van der Waals surface area contributed by atoms with Crippen LogP contribution < -0.4 is 10.6 Å². The van der Waals surface area contributed by atoms with Crippen molar-refractivity contribution < 1.29 is 4.74 Å². The fourth-order valence-corrected chi connectivity index (χ4v) is 1.63. The van der Waals surface area contributed by atoms with Crippen molar-refractivity contribution in [1.29, 1.82) is 0 Å². The number of aliphatic imine (C=N–C) groups is 1. The van der Waals surface area contributed by atoms with E-state index >= 15 is 0 Å². The zero-order valence-corrected chi connectivity index (χ0v) is 15.0. The van der Waals surface area contributed by atoms with Gasteiger partial charge in [-0.1, -0.05) is 0 Å². The van der Waals surface area contributed by atoms with Crippen molar-refractivity contribution in [2.24, 2.45) is 4.99 Å². The van der Waals surface area contributed by atoms with Gasteiger partial charge in [0, 0.05) is 52.5 Å². The molecule has 0 aromatic carbocycles. The number of methoxy groups -OCH3 is 1. The first kappa shape index (κ1) is 20.1. The molecule has 0 bridgehead atoms. The third kappa shape index (κ3) is 9.66. The van der Waals surface area contributed by atoms with Gasteiger partial charge in [0.2, 0.25) is 0 Å². The Kier molecular flexibility index (Phi) is 10.4. The van der Waals surface area contributed by atoms with Crippen LogP contribution in [0, 0.1) is 0 Å². The van der Waals surface area contributed by atoms with Crippen molar-refractivity contribution in [1.82, 2.24) is 20.4 Å². The summed E-state index contributed by atoms with van der Waals surface area (Å²) < 4.78 is 5.06. The highest BCUT2D eigenvalue weighted by Crippen LogP contribution is 2.07. The van der Waals surface area contributed by atoms with E-state index in [1.165, 1.54) is 0 Å².